The Labute approximate surface area is 359 Å². The molecule has 0 aromatic carbocycles. The molecule has 3 aliphatic heterocycles. The maximum absolute atomic E-state index is 11.2. The fourth-order valence-electron chi connectivity index (χ4n) is 5.68. The number of aliphatic hydroxyl groups is 7. The summed E-state index contributed by atoms with van der Waals surface area (Å²) in [7, 11) is 0. The van der Waals surface area contributed by atoms with Crippen molar-refractivity contribution in [3.8, 4) is 0 Å². The third-order valence-electron chi connectivity index (χ3n) is 8.29. The maximum Gasteiger partial charge on any atom is 0.300 e. The Bertz CT molecular complexity index is 1310. The second-order valence-electron chi connectivity index (χ2n) is 13.8. The zero-order valence-electron chi connectivity index (χ0n) is 34.8. The molecule has 0 unspecified atom stereocenters. The van der Waals surface area contributed by atoms with Crippen LogP contribution in [0.2, 0.25) is 0 Å². The quantitative estimate of drug-likeness (QED) is 0.0580. The summed E-state index contributed by atoms with van der Waals surface area (Å²) in [5.41, 5.74) is 29.9. The van der Waals surface area contributed by atoms with Gasteiger partial charge in [-0.2, -0.15) is 0 Å². The Balaban J connectivity index is 0. The molecule has 0 amide bonds. The first-order valence-electron chi connectivity index (χ1n) is 18.5. The van der Waals surface area contributed by atoms with Crippen LogP contribution in [0.3, 0.4) is 0 Å². The van der Waals surface area contributed by atoms with Crippen LogP contribution in [0.4, 0.5) is 0 Å². The highest BCUT2D eigenvalue weighted by Gasteiger charge is 2.54. The number of carboxylic acids is 5. The number of oxime groups is 1. The van der Waals surface area contributed by atoms with Crippen molar-refractivity contribution in [1.82, 2.24) is 0 Å². The first-order chi connectivity index (χ1) is 29.0. The van der Waals surface area contributed by atoms with Crippen LogP contribution < -0.4 is 28.7 Å². The molecule has 4 rings (SSSR count). The summed E-state index contributed by atoms with van der Waals surface area (Å²) in [4.78, 5) is 45.0. The predicted octanol–water partition coefficient (Wildman–Crippen LogP) is -7.94. The minimum absolute atomic E-state index is 0.0509. The van der Waals surface area contributed by atoms with E-state index in [1.54, 1.807) is 0 Å². The van der Waals surface area contributed by atoms with Gasteiger partial charge < -0.3 is 124 Å². The molecule has 30 heteroatoms. The van der Waals surface area contributed by atoms with Gasteiger partial charge in [-0.1, -0.05) is 5.16 Å². The van der Waals surface area contributed by atoms with Crippen molar-refractivity contribution in [2.75, 3.05) is 13.2 Å². The third kappa shape index (κ3) is 22.0. The van der Waals surface area contributed by atoms with E-state index in [2.05, 4.69) is 5.16 Å². The van der Waals surface area contributed by atoms with Crippen LogP contribution in [0.15, 0.2) is 5.16 Å². The molecule has 0 spiro atoms. The second kappa shape index (κ2) is 30.3. The summed E-state index contributed by atoms with van der Waals surface area (Å²) in [5.74, 6) is -4.17. The predicted molar refractivity (Wildman–Crippen MR) is 206 cm³/mol. The van der Waals surface area contributed by atoms with E-state index in [-0.39, 0.29) is 13.0 Å². The largest absolute Gasteiger partial charge is 0.481 e. The molecule has 23 N–H and O–H groups in total. The average Bonchev–Trinajstić information content (AvgIpc) is 3.43. The van der Waals surface area contributed by atoms with Gasteiger partial charge in [0, 0.05) is 53.2 Å². The Morgan fingerprint density at radius 1 is 0.556 bits per heavy atom. The third-order valence-corrected chi connectivity index (χ3v) is 8.29. The summed E-state index contributed by atoms with van der Waals surface area (Å²) in [6.07, 6.45) is -20.1. The minimum Gasteiger partial charge on any atom is -0.481 e. The van der Waals surface area contributed by atoms with E-state index in [1.165, 1.54) is 0 Å². The summed E-state index contributed by atoms with van der Waals surface area (Å²) < 4.78 is 34.5. The molecule has 4 fully saturated rings. The van der Waals surface area contributed by atoms with E-state index >= 15 is 0 Å². The number of hydrogen-bond donors (Lipinski definition) is 18. The number of ether oxygens (including phenoxy) is 6. The van der Waals surface area contributed by atoms with Gasteiger partial charge in [0.05, 0.1) is 31.0 Å². The number of nitrogens with two attached hydrogens (primary N) is 5. The molecule has 0 bridgehead atoms. The number of aliphatic carboxylic acids is 5. The molecule has 0 aromatic rings. The number of rotatable bonds is 9. The molecule has 63 heavy (non-hydrogen) atoms. The number of aliphatic hydroxyl groups excluding tert-OH is 7. The Morgan fingerprint density at radius 2 is 0.921 bits per heavy atom. The molecule has 1 aliphatic carbocycles. The van der Waals surface area contributed by atoms with Crippen molar-refractivity contribution in [2.45, 2.75) is 157 Å². The Kier molecular flexibility index (Phi) is 29.4. The van der Waals surface area contributed by atoms with Crippen LogP contribution in [0.5, 0.6) is 0 Å². The lowest BCUT2D eigenvalue weighted by Gasteiger charge is -2.47. The summed E-state index contributed by atoms with van der Waals surface area (Å²) in [5, 5.41) is 122. The van der Waals surface area contributed by atoms with Crippen molar-refractivity contribution >= 4 is 36.1 Å². The fraction of sp³-hybridized carbons (Fsp3) is 0.818. The normalized spacial score (nSPS) is 38.1. The summed E-state index contributed by atoms with van der Waals surface area (Å²) in [6.45, 7) is 4.56. The van der Waals surface area contributed by atoms with Gasteiger partial charge in [0.1, 0.15) is 67.1 Å². The lowest BCUT2D eigenvalue weighted by atomic mass is 9.84. The zero-order chi connectivity index (χ0) is 49.6. The molecule has 370 valence electrons. The average molecular weight is 929 g/mol. The molecule has 0 aromatic heterocycles. The maximum atomic E-state index is 11.2. The first-order valence-corrected chi connectivity index (χ1v) is 18.5. The van der Waals surface area contributed by atoms with Gasteiger partial charge in [-0.05, 0) is 6.42 Å². The Morgan fingerprint density at radius 3 is 1.30 bits per heavy atom. The highest BCUT2D eigenvalue weighted by atomic mass is 16.8. The Hall–Kier alpha value is -3.90. The molecule has 0 radical (unpaired) electrons. The molecule has 1 saturated carbocycles. The van der Waals surface area contributed by atoms with E-state index in [1.807, 2.05) is 0 Å². The topological polar surface area (TPSA) is 546 Å². The van der Waals surface area contributed by atoms with Crippen LogP contribution in [0.1, 0.15) is 41.0 Å². The summed E-state index contributed by atoms with van der Waals surface area (Å²) >= 11 is 0. The number of carbonyl (C=O) groups is 5. The summed E-state index contributed by atoms with van der Waals surface area (Å²) in [6, 6.07) is -4.37. The molecule has 3 saturated heterocycles. The van der Waals surface area contributed by atoms with Crippen molar-refractivity contribution in [3.05, 3.63) is 0 Å². The fourth-order valence-corrected chi connectivity index (χ4v) is 5.68. The van der Waals surface area contributed by atoms with Crippen LogP contribution in [-0.2, 0) is 52.4 Å². The molecule has 3 heterocycles. The van der Waals surface area contributed by atoms with Crippen molar-refractivity contribution in [1.29, 1.82) is 0 Å². The van der Waals surface area contributed by atoms with Crippen LogP contribution in [0.25, 0.3) is 0 Å². The number of nitrogens with zero attached hydrogens (tertiary/aromatic N) is 1. The lowest BCUT2D eigenvalue weighted by Crippen LogP contribution is -2.68. The number of carboxylic acid groups (broad SMARTS) is 5. The number of hydrogen-bond acceptors (Lipinski definition) is 25. The SMILES string of the molecule is CC(=O)O.CC(=O)O.CC(=O)O.CC(=O)O.CC(=O)O.NC[C@@H]1O[C@H](O[C@H]2[C@@H](O)[C@H](O[C@@H]3[C@@H](O)[C@H](N)C[C@H](N)[C@H]3O[C@H]3O[C@H](CO)[C@@H](O)[C@H](O)[C@H]3N)O[C@@H]2/C=N/O)[C@H](N)[C@@H](O)[C@@H]1O. The van der Waals surface area contributed by atoms with Gasteiger partial charge in [0.25, 0.3) is 29.8 Å². The van der Waals surface area contributed by atoms with E-state index in [0.717, 1.165) is 40.8 Å². The van der Waals surface area contributed by atoms with Gasteiger partial charge in [-0.3, -0.25) is 24.0 Å². The van der Waals surface area contributed by atoms with E-state index in [4.69, 9.17) is 107 Å². The standard InChI is InChI=1S/C23H44N6O14.5C2H4O2/c24-2-7-13(32)15(34)10(27)21(38-7)42-19-8(3-29-37)39-23(17(19)36)43-20-12(31)5(25)1-6(26)18(20)41-22-11(28)16(35)14(33)9(4-30)40-22;5*1-2(3)4/h3,5-23,30-37H,1-2,4,24-28H2;5*1H3,(H,3,4)/b29-3+;;;;;/t5-,6+,7+,8-,9-,10-,11-,12+,13-,14-,15-,16-,17-,18-,19-,20-,21-,22-,23+;;;;;/m1...../s1. The molecule has 4 aliphatic rings. The van der Waals surface area contributed by atoms with Gasteiger partial charge in [-0.15, -0.1) is 0 Å². The van der Waals surface area contributed by atoms with Crippen molar-refractivity contribution in [2.24, 2.45) is 33.8 Å². The van der Waals surface area contributed by atoms with Gasteiger partial charge in [0.15, 0.2) is 18.9 Å². The van der Waals surface area contributed by atoms with Crippen LogP contribution in [-0.4, -0.2) is 232 Å². The van der Waals surface area contributed by atoms with E-state index < -0.39 is 153 Å². The van der Waals surface area contributed by atoms with Gasteiger partial charge in [-0.25, -0.2) is 0 Å². The first kappa shape index (κ1) is 61.2. The van der Waals surface area contributed by atoms with Gasteiger partial charge in [0.2, 0.25) is 0 Å². The van der Waals surface area contributed by atoms with Crippen molar-refractivity contribution < 1.29 is 119 Å². The van der Waals surface area contributed by atoms with E-state index in [0.29, 0.717) is 0 Å². The lowest BCUT2D eigenvalue weighted by molar-refractivity contribution is -0.310. The monoisotopic (exact) mass is 928 g/mol. The van der Waals surface area contributed by atoms with Crippen LogP contribution in [0, 0.1) is 0 Å². The van der Waals surface area contributed by atoms with E-state index in [9.17, 15) is 41.0 Å². The van der Waals surface area contributed by atoms with Crippen molar-refractivity contribution in [3.63, 3.8) is 0 Å². The van der Waals surface area contributed by atoms with Crippen LogP contribution >= 0.6 is 0 Å². The minimum atomic E-state index is -1.66. The second-order valence-corrected chi connectivity index (χ2v) is 13.8. The smallest absolute Gasteiger partial charge is 0.300 e. The highest BCUT2D eigenvalue weighted by molar-refractivity contribution is 5.64. The molecule has 30 nitrogen and oxygen atoms in total. The van der Waals surface area contributed by atoms with Gasteiger partial charge >= 0.3 is 0 Å². The molecular formula is C33H64N6O24. The zero-order valence-corrected chi connectivity index (χ0v) is 34.8. The molecule has 19 atom stereocenters. The highest BCUT2D eigenvalue weighted by Crippen LogP contribution is 2.34. The molecular weight excluding hydrogens is 864 g/mol.